The van der Waals surface area contributed by atoms with Crippen molar-refractivity contribution in [3.63, 3.8) is 0 Å². The van der Waals surface area contributed by atoms with E-state index in [9.17, 15) is 4.79 Å². The van der Waals surface area contributed by atoms with E-state index >= 15 is 0 Å². The second-order valence-corrected chi connectivity index (χ2v) is 3.94. The Bertz CT molecular complexity index is 433. The minimum atomic E-state index is -0.764. The van der Waals surface area contributed by atoms with Gasteiger partial charge in [-0.2, -0.15) is 5.26 Å². The molecule has 0 aromatic heterocycles. The predicted octanol–water partition coefficient (Wildman–Crippen LogP) is 0.946. The lowest BCUT2D eigenvalue weighted by Gasteiger charge is -2.14. The Morgan fingerprint density at radius 2 is 2.06 bits per heavy atom. The van der Waals surface area contributed by atoms with Gasteiger partial charge in [-0.15, -0.1) is 0 Å². The molecule has 0 amide bonds. The van der Waals surface area contributed by atoms with Crippen LogP contribution in [0.4, 0.5) is 0 Å². The monoisotopic (exact) mass is 216 g/mol. The van der Waals surface area contributed by atoms with Gasteiger partial charge in [-0.25, -0.2) is 0 Å². The molecular formula is C12H12N2O2. The van der Waals surface area contributed by atoms with Crippen LogP contribution in [0.5, 0.6) is 0 Å². The van der Waals surface area contributed by atoms with Crippen molar-refractivity contribution in [1.29, 1.82) is 5.26 Å². The molecule has 2 atom stereocenters. The maximum atomic E-state index is 11.0. The molecule has 1 fully saturated rings. The molecule has 1 aromatic carbocycles. The van der Waals surface area contributed by atoms with Gasteiger partial charge in [0.2, 0.25) is 0 Å². The molecule has 4 nitrogen and oxygen atoms in total. The number of nitriles is 1. The SMILES string of the molecule is N#Cc1ccc([C@@H]2CNC[C@H]2C(=O)O)cc1. The second kappa shape index (κ2) is 4.33. The zero-order valence-electron chi connectivity index (χ0n) is 8.68. The maximum absolute atomic E-state index is 11.0. The molecule has 1 aliphatic heterocycles. The minimum Gasteiger partial charge on any atom is -0.481 e. The van der Waals surface area contributed by atoms with Gasteiger partial charge in [0.25, 0.3) is 0 Å². The van der Waals surface area contributed by atoms with Gasteiger partial charge in [-0.3, -0.25) is 4.79 Å². The van der Waals surface area contributed by atoms with Gasteiger partial charge in [0.1, 0.15) is 0 Å². The first kappa shape index (κ1) is 10.7. The van der Waals surface area contributed by atoms with Crippen molar-refractivity contribution in [2.75, 3.05) is 13.1 Å². The van der Waals surface area contributed by atoms with Crippen molar-refractivity contribution >= 4 is 5.97 Å². The summed E-state index contributed by atoms with van der Waals surface area (Å²) in [6.07, 6.45) is 0. The molecule has 1 heterocycles. The topological polar surface area (TPSA) is 73.1 Å². The van der Waals surface area contributed by atoms with Crippen molar-refractivity contribution in [2.45, 2.75) is 5.92 Å². The fourth-order valence-electron chi connectivity index (χ4n) is 2.09. The fourth-order valence-corrected chi connectivity index (χ4v) is 2.09. The summed E-state index contributed by atoms with van der Waals surface area (Å²) >= 11 is 0. The summed E-state index contributed by atoms with van der Waals surface area (Å²) in [6, 6.07) is 9.18. The molecule has 0 spiro atoms. The molecule has 0 unspecified atom stereocenters. The summed E-state index contributed by atoms with van der Waals surface area (Å²) < 4.78 is 0. The second-order valence-electron chi connectivity index (χ2n) is 3.94. The van der Waals surface area contributed by atoms with Crippen LogP contribution in [0.3, 0.4) is 0 Å². The lowest BCUT2D eigenvalue weighted by Crippen LogP contribution is -2.20. The Morgan fingerprint density at radius 1 is 1.38 bits per heavy atom. The van der Waals surface area contributed by atoms with Crippen molar-refractivity contribution in [1.82, 2.24) is 5.32 Å². The number of nitrogens with zero attached hydrogens (tertiary/aromatic N) is 1. The molecule has 0 aliphatic carbocycles. The summed E-state index contributed by atoms with van der Waals surface area (Å²) in [4.78, 5) is 11.0. The highest BCUT2D eigenvalue weighted by Crippen LogP contribution is 2.28. The Labute approximate surface area is 93.5 Å². The quantitative estimate of drug-likeness (QED) is 0.771. The third-order valence-corrected chi connectivity index (χ3v) is 3.00. The van der Waals surface area contributed by atoms with Crippen LogP contribution < -0.4 is 5.32 Å². The molecule has 1 saturated heterocycles. The first-order chi connectivity index (χ1) is 7.72. The van der Waals surface area contributed by atoms with Gasteiger partial charge < -0.3 is 10.4 Å². The molecule has 82 valence electrons. The van der Waals surface area contributed by atoms with E-state index in [4.69, 9.17) is 10.4 Å². The first-order valence-electron chi connectivity index (χ1n) is 5.16. The van der Waals surface area contributed by atoms with Crippen LogP contribution in [-0.2, 0) is 4.79 Å². The summed E-state index contributed by atoms with van der Waals surface area (Å²) in [5, 5.41) is 20.8. The van der Waals surface area contributed by atoms with Gasteiger partial charge in [0.05, 0.1) is 17.6 Å². The van der Waals surface area contributed by atoms with Crippen LogP contribution in [0.15, 0.2) is 24.3 Å². The molecule has 1 aliphatic rings. The summed E-state index contributed by atoms with van der Waals surface area (Å²) in [6.45, 7) is 1.20. The number of carbonyl (C=O) groups is 1. The molecule has 2 rings (SSSR count). The molecule has 2 N–H and O–H groups in total. The Hall–Kier alpha value is -1.86. The highest BCUT2D eigenvalue weighted by atomic mass is 16.4. The Morgan fingerprint density at radius 3 is 2.62 bits per heavy atom. The predicted molar refractivity (Wildman–Crippen MR) is 57.9 cm³/mol. The van der Waals surface area contributed by atoms with Crippen LogP contribution in [-0.4, -0.2) is 24.2 Å². The van der Waals surface area contributed by atoms with Gasteiger partial charge in [-0.05, 0) is 17.7 Å². The first-order valence-corrected chi connectivity index (χ1v) is 5.16. The third-order valence-electron chi connectivity index (χ3n) is 3.00. The van der Waals surface area contributed by atoms with E-state index in [0.29, 0.717) is 18.7 Å². The molecule has 1 aromatic rings. The highest BCUT2D eigenvalue weighted by molar-refractivity contribution is 5.72. The summed E-state index contributed by atoms with van der Waals surface area (Å²) in [5.41, 5.74) is 1.58. The van der Waals surface area contributed by atoms with Crippen molar-refractivity contribution in [3.8, 4) is 6.07 Å². The summed E-state index contributed by atoms with van der Waals surface area (Å²) in [7, 11) is 0. The van der Waals surface area contributed by atoms with Crippen LogP contribution in [0.25, 0.3) is 0 Å². The number of nitrogens with one attached hydrogen (secondary N) is 1. The van der Waals surface area contributed by atoms with E-state index < -0.39 is 5.97 Å². The van der Waals surface area contributed by atoms with Gasteiger partial charge in [0, 0.05) is 19.0 Å². The molecular weight excluding hydrogens is 204 g/mol. The van der Waals surface area contributed by atoms with E-state index in [2.05, 4.69) is 5.32 Å². The Balaban J connectivity index is 2.23. The Kier molecular flexibility index (Phi) is 2.88. The van der Waals surface area contributed by atoms with Crippen molar-refractivity contribution in [2.24, 2.45) is 5.92 Å². The smallest absolute Gasteiger partial charge is 0.308 e. The largest absolute Gasteiger partial charge is 0.481 e. The number of aliphatic carboxylic acids is 1. The van der Waals surface area contributed by atoms with E-state index in [-0.39, 0.29) is 11.8 Å². The van der Waals surface area contributed by atoms with E-state index in [0.717, 1.165) is 5.56 Å². The van der Waals surface area contributed by atoms with Gasteiger partial charge in [-0.1, -0.05) is 12.1 Å². The number of benzene rings is 1. The van der Waals surface area contributed by atoms with Crippen molar-refractivity contribution in [3.05, 3.63) is 35.4 Å². The molecule has 0 saturated carbocycles. The number of carboxylic acid groups (broad SMARTS) is 1. The maximum Gasteiger partial charge on any atom is 0.308 e. The zero-order chi connectivity index (χ0) is 11.5. The third kappa shape index (κ3) is 1.90. The van der Waals surface area contributed by atoms with Gasteiger partial charge in [0.15, 0.2) is 0 Å². The molecule has 16 heavy (non-hydrogen) atoms. The summed E-state index contributed by atoms with van der Waals surface area (Å²) in [5.74, 6) is -1.13. The standard InChI is InChI=1S/C12H12N2O2/c13-5-8-1-3-9(4-2-8)10-6-14-7-11(10)12(15)16/h1-4,10-11,14H,6-7H2,(H,15,16)/t10-,11+/m0/s1. The normalized spacial score (nSPS) is 23.9. The van der Waals surface area contributed by atoms with Crippen LogP contribution in [0.1, 0.15) is 17.0 Å². The van der Waals surface area contributed by atoms with Crippen LogP contribution in [0, 0.1) is 17.2 Å². The molecule has 0 bridgehead atoms. The number of rotatable bonds is 2. The van der Waals surface area contributed by atoms with E-state index in [1.165, 1.54) is 0 Å². The van der Waals surface area contributed by atoms with Crippen LogP contribution >= 0.6 is 0 Å². The lowest BCUT2D eigenvalue weighted by atomic mass is 9.89. The molecule has 0 radical (unpaired) electrons. The minimum absolute atomic E-state index is 0.00485. The highest BCUT2D eigenvalue weighted by Gasteiger charge is 2.33. The average molecular weight is 216 g/mol. The lowest BCUT2D eigenvalue weighted by molar-refractivity contribution is -0.141. The van der Waals surface area contributed by atoms with Crippen LogP contribution in [0.2, 0.25) is 0 Å². The van der Waals surface area contributed by atoms with Gasteiger partial charge >= 0.3 is 5.97 Å². The van der Waals surface area contributed by atoms with Crippen molar-refractivity contribution < 1.29 is 9.90 Å². The number of hydrogen-bond acceptors (Lipinski definition) is 3. The van der Waals surface area contributed by atoms with E-state index in [1.54, 1.807) is 12.1 Å². The average Bonchev–Trinajstić information content (AvgIpc) is 2.78. The zero-order valence-corrected chi connectivity index (χ0v) is 8.68. The van der Waals surface area contributed by atoms with E-state index in [1.807, 2.05) is 18.2 Å². The fraction of sp³-hybridized carbons (Fsp3) is 0.333. The number of hydrogen-bond donors (Lipinski definition) is 2. The number of carboxylic acids is 1. The molecule has 4 heteroatoms.